The van der Waals surface area contributed by atoms with Gasteiger partial charge in [0.15, 0.2) is 11.8 Å². The van der Waals surface area contributed by atoms with Gasteiger partial charge in [-0.15, -0.1) is 0 Å². The Morgan fingerprint density at radius 3 is 1.24 bits per heavy atom. The van der Waals surface area contributed by atoms with Gasteiger partial charge in [-0.2, -0.15) is 0 Å². The standard InChI is InChI=1S/2C8H8FNOS.Co/c2*9-6-1-3-7(4-2-6)10-8(11)5-12;/h2*1-4,12H,5H2,(H,10,11);/q;;+2/p-2. The molecule has 135 valence electrons. The van der Waals surface area contributed by atoms with E-state index in [0.29, 0.717) is 11.4 Å². The van der Waals surface area contributed by atoms with Gasteiger partial charge < -0.3 is 35.9 Å². The van der Waals surface area contributed by atoms with Crippen LogP contribution in [-0.2, 0) is 51.6 Å². The number of carbonyl (C=O) groups is 2. The van der Waals surface area contributed by atoms with E-state index in [9.17, 15) is 18.4 Å². The van der Waals surface area contributed by atoms with Gasteiger partial charge in [0.1, 0.15) is 11.6 Å². The Bertz CT molecular complexity index is 611. The van der Waals surface area contributed by atoms with Crippen LogP contribution in [0.15, 0.2) is 48.5 Å². The molecule has 2 aromatic carbocycles. The van der Waals surface area contributed by atoms with E-state index in [1.165, 1.54) is 48.5 Å². The summed E-state index contributed by atoms with van der Waals surface area (Å²) < 4.78 is 24.7. The number of benzene rings is 2. The third kappa shape index (κ3) is 10.1. The van der Waals surface area contributed by atoms with Crippen molar-refractivity contribution in [2.24, 2.45) is 0 Å². The van der Waals surface area contributed by atoms with E-state index in [0.717, 1.165) is 0 Å². The van der Waals surface area contributed by atoms with Crippen LogP contribution in [0, 0.1) is 11.6 Å². The molecule has 0 aliphatic rings. The van der Waals surface area contributed by atoms with E-state index in [4.69, 9.17) is 0 Å². The molecule has 0 aliphatic heterocycles. The minimum atomic E-state index is -0.327. The molecule has 0 aliphatic carbocycles. The third-order valence-corrected chi connectivity index (χ3v) is 3.04. The first-order valence-corrected chi connectivity index (χ1v) is 7.87. The van der Waals surface area contributed by atoms with Gasteiger partial charge in [-0.25, -0.2) is 8.78 Å². The molecule has 0 saturated carbocycles. The Labute approximate surface area is 165 Å². The molecule has 0 fully saturated rings. The molecule has 0 spiro atoms. The zero-order valence-corrected chi connectivity index (χ0v) is 15.4. The van der Waals surface area contributed by atoms with Gasteiger partial charge >= 0.3 is 16.8 Å². The summed E-state index contributed by atoms with van der Waals surface area (Å²) in [4.78, 5) is 21.5. The predicted molar refractivity (Wildman–Crippen MR) is 94.5 cm³/mol. The van der Waals surface area contributed by atoms with Crippen molar-refractivity contribution in [3.05, 3.63) is 60.2 Å². The maximum Gasteiger partial charge on any atom is 2.00 e. The first-order chi connectivity index (χ1) is 11.4. The number of nitrogens with one attached hydrogen (secondary N) is 2. The van der Waals surface area contributed by atoms with Crippen LogP contribution in [-0.4, -0.2) is 23.3 Å². The molecule has 0 saturated heterocycles. The van der Waals surface area contributed by atoms with Crippen LogP contribution in [0.4, 0.5) is 20.2 Å². The average molecular weight is 427 g/mol. The zero-order valence-electron chi connectivity index (χ0n) is 12.8. The molecule has 25 heavy (non-hydrogen) atoms. The molecule has 2 rings (SSSR count). The van der Waals surface area contributed by atoms with Gasteiger partial charge in [0.25, 0.3) is 0 Å². The molecule has 0 aromatic heterocycles. The minimum absolute atomic E-state index is 0. The fourth-order valence-electron chi connectivity index (χ4n) is 1.46. The molecule has 0 unspecified atom stereocenters. The molecule has 0 heterocycles. The van der Waals surface area contributed by atoms with Gasteiger partial charge in [0.2, 0.25) is 0 Å². The Hall–Kier alpha value is -1.55. The van der Waals surface area contributed by atoms with E-state index in [1.54, 1.807) is 0 Å². The molecule has 0 bridgehead atoms. The van der Waals surface area contributed by atoms with Crippen LogP contribution in [0.25, 0.3) is 0 Å². The first-order valence-electron chi connectivity index (χ1n) is 6.71. The van der Waals surface area contributed by atoms with E-state index in [1.807, 2.05) is 0 Å². The summed E-state index contributed by atoms with van der Waals surface area (Å²) in [5.74, 6) is -1.14. The quantitative estimate of drug-likeness (QED) is 0.737. The molecular weight excluding hydrogens is 413 g/mol. The number of hydrogen-bond donors (Lipinski definition) is 2. The van der Waals surface area contributed by atoms with Crippen LogP contribution >= 0.6 is 0 Å². The van der Waals surface area contributed by atoms with Gasteiger partial charge in [0.05, 0.1) is 0 Å². The third-order valence-electron chi connectivity index (χ3n) is 2.52. The predicted octanol–water partition coefficient (Wildman–Crippen LogP) is 2.62. The summed E-state index contributed by atoms with van der Waals surface area (Å²) in [5.41, 5.74) is 1.12. The summed E-state index contributed by atoms with van der Waals surface area (Å²) in [7, 11) is 0. The molecule has 0 atom stereocenters. The second-order valence-corrected chi connectivity index (χ2v) is 4.98. The van der Waals surface area contributed by atoms with E-state index >= 15 is 0 Å². The molecule has 1 radical (unpaired) electrons. The largest absolute Gasteiger partial charge is 2.00 e. The summed E-state index contributed by atoms with van der Waals surface area (Å²) in [5, 5.41) is 5.02. The number of halogens is 2. The Morgan fingerprint density at radius 2 is 1.00 bits per heavy atom. The first kappa shape index (κ1) is 23.4. The summed E-state index contributed by atoms with van der Waals surface area (Å²) >= 11 is 9.03. The molecule has 2 amide bonds. The maximum absolute atomic E-state index is 12.4. The topological polar surface area (TPSA) is 58.2 Å². The second-order valence-electron chi connectivity index (χ2n) is 4.40. The monoisotopic (exact) mass is 427 g/mol. The smallest absolute Gasteiger partial charge is 0.783 e. The van der Waals surface area contributed by atoms with Crippen LogP contribution < -0.4 is 10.6 Å². The average Bonchev–Trinajstić information content (AvgIpc) is 2.59. The number of rotatable bonds is 4. The minimum Gasteiger partial charge on any atom is -0.783 e. The van der Waals surface area contributed by atoms with Crippen molar-refractivity contribution in [2.45, 2.75) is 0 Å². The van der Waals surface area contributed by atoms with Gasteiger partial charge in [-0.1, -0.05) is 11.5 Å². The Balaban J connectivity index is 0.000000443. The Morgan fingerprint density at radius 1 is 0.720 bits per heavy atom. The molecule has 2 aromatic rings. The van der Waals surface area contributed by atoms with Crippen LogP contribution in [0.1, 0.15) is 0 Å². The number of hydrogen-bond acceptors (Lipinski definition) is 4. The summed E-state index contributed by atoms with van der Waals surface area (Å²) in [6, 6.07) is 11.0. The van der Waals surface area contributed by atoms with E-state index in [2.05, 4.69) is 35.9 Å². The van der Waals surface area contributed by atoms with Gasteiger partial charge in [-0.3, -0.25) is 9.59 Å². The number of carbonyl (C=O) groups excluding carboxylic acids is 2. The molecule has 9 heteroatoms. The van der Waals surface area contributed by atoms with E-state index in [-0.39, 0.29) is 51.7 Å². The second kappa shape index (κ2) is 12.8. The van der Waals surface area contributed by atoms with Crippen molar-refractivity contribution in [1.29, 1.82) is 0 Å². The van der Waals surface area contributed by atoms with Crippen molar-refractivity contribution >= 4 is 48.4 Å². The van der Waals surface area contributed by atoms with Crippen molar-refractivity contribution in [1.82, 2.24) is 0 Å². The number of amides is 2. The van der Waals surface area contributed by atoms with Gasteiger partial charge in [0, 0.05) is 11.4 Å². The summed E-state index contributed by atoms with van der Waals surface area (Å²) in [6.07, 6.45) is 0. The van der Waals surface area contributed by atoms with Crippen LogP contribution in [0.2, 0.25) is 0 Å². The van der Waals surface area contributed by atoms with Crippen molar-refractivity contribution in [3.63, 3.8) is 0 Å². The molecule has 2 N–H and O–H groups in total. The van der Waals surface area contributed by atoms with Crippen molar-refractivity contribution in [3.8, 4) is 0 Å². The number of anilines is 2. The normalized spacial score (nSPS) is 9.12. The Kier molecular flexibility index (Phi) is 12.0. The maximum atomic E-state index is 12.4. The fraction of sp³-hybridized carbons (Fsp3) is 0.125. The van der Waals surface area contributed by atoms with Crippen molar-refractivity contribution < 1.29 is 35.1 Å². The van der Waals surface area contributed by atoms with Crippen molar-refractivity contribution in [2.75, 3.05) is 22.1 Å². The van der Waals surface area contributed by atoms with Gasteiger partial charge in [-0.05, 0) is 48.5 Å². The van der Waals surface area contributed by atoms with Crippen LogP contribution in [0.3, 0.4) is 0 Å². The SMILES string of the molecule is O=C(C[S-])Nc1ccc(F)cc1.O=C(C[S-])Nc1ccc(F)cc1.[Co+2]. The fourth-order valence-corrected chi connectivity index (χ4v) is 1.60. The van der Waals surface area contributed by atoms with Crippen LogP contribution in [0.5, 0.6) is 0 Å². The zero-order chi connectivity index (χ0) is 17.9. The summed E-state index contributed by atoms with van der Waals surface area (Å²) in [6.45, 7) is 0. The molecular formula is C16H14CoF2N2O2S2. The van der Waals surface area contributed by atoms with E-state index < -0.39 is 0 Å². The molecule has 4 nitrogen and oxygen atoms in total.